The molecule has 128 valence electrons. The number of amides is 1. The number of carbonyl (C=O) groups is 1. The lowest BCUT2D eigenvalue weighted by molar-refractivity contribution is 0.00913. The van der Waals surface area contributed by atoms with E-state index in [-0.39, 0.29) is 12.1 Å². The molecule has 3 heterocycles. The zero-order valence-corrected chi connectivity index (χ0v) is 14.2. The Labute approximate surface area is 139 Å². The number of carbonyl (C=O) groups excluding carboxylic acids is 1. The second-order valence-electron chi connectivity index (χ2n) is 6.87. The van der Waals surface area contributed by atoms with Crippen LogP contribution in [0.4, 0.5) is 9.18 Å². The van der Waals surface area contributed by atoms with Crippen LogP contribution in [0.15, 0.2) is 18.6 Å². The Morgan fingerprint density at radius 3 is 2.58 bits per heavy atom. The van der Waals surface area contributed by atoms with Crippen LogP contribution in [-0.4, -0.2) is 42.4 Å². The SMILES string of the molecule is C[C@H]1Cn2ncc(-c3ncc(F)cn3)c2CN1C(=O)OC(C)(C)C. The molecule has 8 heteroatoms. The summed E-state index contributed by atoms with van der Waals surface area (Å²) in [4.78, 5) is 22.1. The highest BCUT2D eigenvalue weighted by Crippen LogP contribution is 2.27. The zero-order chi connectivity index (χ0) is 17.5. The average molecular weight is 333 g/mol. The first-order valence-corrected chi connectivity index (χ1v) is 7.77. The summed E-state index contributed by atoms with van der Waals surface area (Å²) in [5.41, 5.74) is 0.943. The van der Waals surface area contributed by atoms with Gasteiger partial charge in [0.05, 0.1) is 49.0 Å². The summed E-state index contributed by atoms with van der Waals surface area (Å²) in [5.74, 6) is -0.111. The van der Waals surface area contributed by atoms with Crippen molar-refractivity contribution < 1.29 is 13.9 Å². The van der Waals surface area contributed by atoms with Crippen molar-refractivity contribution in [3.8, 4) is 11.4 Å². The smallest absolute Gasteiger partial charge is 0.410 e. The van der Waals surface area contributed by atoms with Crippen LogP contribution in [0, 0.1) is 5.82 Å². The predicted octanol–water partition coefficient (Wildman–Crippen LogP) is 2.62. The van der Waals surface area contributed by atoms with Crippen LogP contribution in [0.5, 0.6) is 0 Å². The second kappa shape index (κ2) is 5.85. The summed E-state index contributed by atoms with van der Waals surface area (Å²) in [6, 6.07) is -0.0470. The maximum absolute atomic E-state index is 13.0. The number of hydrogen-bond acceptors (Lipinski definition) is 5. The highest BCUT2D eigenvalue weighted by Gasteiger charge is 2.32. The van der Waals surface area contributed by atoms with E-state index in [1.165, 1.54) is 0 Å². The lowest BCUT2D eigenvalue weighted by Crippen LogP contribution is -2.47. The Morgan fingerprint density at radius 1 is 1.29 bits per heavy atom. The van der Waals surface area contributed by atoms with E-state index in [9.17, 15) is 9.18 Å². The van der Waals surface area contributed by atoms with Gasteiger partial charge >= 0.3 is 6.09 Å². The Hall–Kier alpha value is -2.51. The Bertz CT molecular complexity index is 751. The molecule has 24 heavy (non-hydrogen) atoms. The summed E-state index contributed by atoms with van der Waals surface area (Å²) in [5, 5.41) is 4.34. The minimum Gasteiger partial charge on any atom is -0.444 e. The Balaban J connectivity index is 1.89. The van der Waals surface area contributed by atoms with Crippen molar-refractivity contribution in [2.75, 3.05) is 0 Å². The summed E-state index contributed by atoms with van der Waals surface area (Å²) < 4.78 is 20.3. The molecule has 2 aromatic heterocycles. The van der Waals surface area contributed by atoms with E-state index >= 15 is 0 Å². The minimum atomic E-state index is -0.558. The molecule has 0 aliphatic carbocycles. The van der Waals surface area contributed by atoms with Gasteiger partial charge in [0.2, 0.25) is 0 Å². The first kappa shape index (κ1) is 16.4. The van der Waals surface area contributed by atoms with E-state index in [2.05, 4.69) is 15.1 Å². The summed E-state index contributed by atoms with van der Waals surface area (Å²) in [7, 11) is 0. The number of rotatable bonds is 1. The highest BCUT2D eigenvalue weighted by atomic mass is 19.1. The van der Waals surface area contributed by atoms with Crippen LogP contribution in [-0.2, 0) is 17.8 Å². The molecule has 1 aliphatic rings. The molecule has 0 bridgehead atoms. The van der Waals surface area contributed by atoms with Gasteiger partial charge in [-0.25, -0.2) is 19.2 Å². The van der Waals surface area contributed by atoms with Crippen LogP contribution >= 0.6 is 0 Å². The van der Waals surface area contributed by atoms with Gasteiger partial charge < -0.3 is 4.74 Å². The number of ether oxygens (including phenoxy) is 1. The zero-order valence-electron chi connectivity index (χ0n) is 14.2. The lowest BCUT2D eigenvalue weighted by atomic mass is 10.1. The fourth-order valence-corrected chi connectivity index (χ4v) is 2.60. The molecule has 0 aromatic carbocycles. The standard InChI is InChI=1S/C16H20FN5O2/c1-10-8-22-13(9-21(10)15(23)24-16(2,3)4)12(7-20-22)14-18-5-11(17)6-19-14/h5-7,10H,8-9H2,1-4H3/t10-/m0/s1. The molecule has 1 amide bonds. The monoisotopic (exact) mass is 333 g/mol. The summed E-state index contributed by atoms with van der Waals surface area (Å²) >= 11 is 0. The third kappa shape index (κ3) is 3.22. The molecule has 0 spiro atoms. The number of nitrogens with zero attached hydrogens (tertiary/aromatic N) is 5. The third-order valence-electron chi connectivity index (χ3n) is 3.73. The van der Waals surface area contributed by atoms with Crippen molar-refractivity contribution in [2.45, 2.75) is 52.4 Å². The summed E-state index contributed by atoms with van der Waals surface area (Å²) in [6.45, 7) is 8.34. The number of hydrogen-bond donors (Lipinski definition) is 0. The fraction of sp³-hybridized carbons (Fsp3) is 0.500. The first-order valence-electron chi connectivity index (χ1n) is 7.77. The van der Waals surface area contributed by atoms with Crippen LogP contribution in [0.25, 0.3) is 11.4 Å². The maximum Gasteiger partial charge on any atom is 0.410 e. The molecule has 7 nitrogen and oxygen atoms in total. The van der Waals surface area contributed by atoms with Crippen LogP contribution in [0.3, 0.4) is 0 Å². The molecule has 1 atom stereocenters. The van der Waals surface area contributed by atoms with Crippen molar-refractivity contribution in [3.63, 3.8) is 0 Å². The fourth-order valence-electron chi connectivity index (χ4n) is 2.60. The van der Waals surface area contributed by atoms with Crippen LogP contribution in [0.1, 0.15) is 33.4 Å². The molecule has 0 saturated heterocycles. The van der Waals surface area contributed by atoms with Gasteiger partial charge in [-0.05, 0) is 27.7 Å². The van der Waals surface area contributed by atoms with E-state index in [0.717, 1.165) is 18.1 Å². The van der Waals surface area contributed by atoms with Gasteiger partial charge in [0.15, 0.2) is 11.6 Å². The molecule has 0 saturated carbocycles. The van der Waals surface area contributed by atoms with E-state index in [4.69, 9.17) is 4.74 Å². The molecule has 3 rings (SSSR count). The van der Waals surface area contributed by atoms with Gasteiger partial charge in [0.25, 0.3) is 0 Å². The topological polar surface area (TPSA) is 73.1 Å². The molecule has 0 radical (unpaired) electrons. The normalized spacial score (nSPS) is 17.5. The van der Waals surface area contributed by atoms with Gasteiger partial charge in [-0.3, -0.25) is 9.58 Å². The highest BCUT2D eigenvalue weighted by molar-refractivity contribution is 5.69. The van der Waals surface area contributed by atoms with Gasteiger partial charge in [0, 0.05) is 0 Å². The number of fused-ring (bicyclic) bond motifs is 1. The molecular weight excluding hydrogens is 313 g/mol. The molecule has 1 aliphatic heterocycles. The average Bonchev–Trinajstić information content (AvgIpc) is 2.88. The van der Waals surface area contributed by atoms with E-state index < -0.39 is 11.4 Å². The Morgan fingerprint density at radius 2 is 1.96 bits per heavy atom. The lowest BCUT2D eigenvalue weighted by Gasteiger charge is -2.35. The largest absolute Gasteiger partial charge is 0.444 e. The third-order valence-corrected chi connectivity index (χ3v) is 3.73. The van der Waals surface area contributed by atoms with Crippen LogP contribution < -0.4 is 0 Å². The molecule has 0 fully saturated rings. The predicted molar refractivity (Wildman–Crippen MR) is 84.5 cm³/mol. The molecular formula is C16H20FN5O2. The van der Waals surface area contributed by atoms with Crippen molar-refractivity contribution in [1.29, 1.82) is 0 Å². The van der Waals surface area contributed by atoms with Gasteiger partial charge in [-0.1, -0.05) is 0 Å². The molecule has 0 N–H and O–H groups in total. The van der Waals surface area contributed by atoms with Crippen molar-refractivity contribution in [1.82, 2.24) is 24.6 Å². The van der Waals surface area contributed by atoms with E-state index in [0.29, 0.717) is 24.5 Å². The van der Waals surface area contributed by atoms with E-state index in [1.54, 1.807) is 11.1 Å². The van der Waals surface area contributed by atoms with Gasteiger partial charge in [0.1, 0.15) is 5.60 Å². The number of halogens is 1. The van der Waals surface area contributed by atoms with Crippen molar-refractivity contribution in [3.05, 3.63) is 30.1 Å². The quantitative estimate of drug-likeness (QED) is 0.802. The summed E-state index contributed by atoms with van der Waals surface area (Å²) in [6.07, 6.45) is 3.51. The van der Waals surface area contributed by atoms with Crippen LogP contribution in [0.2, 0.25) is 0 Å². The van der Waals surface area contributed by atoms with Gasteiger partial charge in [-0.15, -0.1) is 0 Å². The maximum atomic E-state index is 13.0. The minimum absolute atomic E-state index is 0.0470. The number of aromatic nitrogens is 4. The van der Waals surface area contributed by atoms with Crippen molar-refractivity contribution >= 4 is 6.09 Å². The second-order valence-corrected chi connectivity index (χ2v) is 6.87. The Kier molecular flexibility index (Phi) is 3.98. The van der Waals surface area contributed by atoms with E-state index in [1.807, 2.05) is 32.4 Å². The first-order chi connectivity index (χ1) is 11.2. The molecule has 2 aromatic rings. The molecule has 0 unspecified atom stereocenters. The van der Waals surface area contributed by atoms with Gasteiger partial charge in [-0.2, -0.15) is 5.10 Å². The van der Waals surface area contributed by atoms with Crippen molar-refractivity contribution in [2.24, 2.45) is 0 Å².